The third kappa shape index (κ3) is 2.28. The molecule has 4 heteroatoms. The minimum absolute atomic E-state index is 0.305. The first-order valence-electron chi connectivity index (χ1n) is 7.29. The van der Waals surface area contributed by atoms with Gasteiger partial charge >= 0.3 is 0 Å². The number of fused-ring (bicyclic) bond motifs is 3. The maximum atomic E-state index is 5.97. The van der Waals surface area contributed by atoms with Crippen molar-refractivity contribution in [3.8, 4) is 0 Å². The Morgan fingerprint density at radius 1 is 1.24 bits per heavy atom. The van der Waals surface area contributed by atoms with Gasteiger partial charge < -0.3 is 10.3 Å². The molecule has 1 unspecified atom stereocenters. The van der Waals surface area contributed by atoms with Crippen LogP contribution in [0.3, 0.4) is 0 Å². The number of nitrogens with zero attached hydrogens (tertiary/aromatic N) is 1. The second kappa shape index (κ2) is 5.08. The largest absolute Gasteiger partial charge is 0.377 e. The summed E-state index contributed by atoms with van der Waals surface area (Å²) in [5.41, 5.74) is 5.01. The number of H-pyrrole nitrogens is 1. The van der Waals surface area contributed by atoms with Crippen LogP contribution in [-0.4, -0.2) is 9.97 Å². The van der Waals surface area contributed by atoms with Gasteiger partial charge in [-0.05, 0) is 43.0 Å². The van der Waals surface area contributed by atoms with Gasteiger partial charge in [0.1, 0.15) is 5.15 Å². The van der Waals surface area contributed by atoms with Crippen LogP contribution in [-0.2, 0) is 6.42 Å². The monoisotopic (exact) mass is 297 g/mol. The van der Waals surface area contributed by atoms with Crippen molar-refractivity contribution in [3.63, 3.8) is 0 Å². The second-order valence-corrected chi connectivity index (χ2v) is 5.91. The van der Waals surface area contributed by atoms with Crippen molar-refractivity contribution in [2.45, 2.75) is 25.3 Å². The van der Waals surface area contributed by atoms with E-state index in [1.807, 2.05) is 12.1 Å². The Morgan fingerprint density at radius 2 is 2.14 bits per heavy atom. The van der Waals surface area contributed by atoms with Gasteiger partial charge in [-0.25, -0.2) is 4.98 Å². The highest BCUT2D eigenvalue weighted by atomic mass is 35.5. The van der Waals surface area contributed by atoms with E-state index in [2.05, 4.69) is 39.6 Å². The van der Waals surface area contributed by atoms with Crippen LogP contribution in [0.15, 0.2) is 42.6 Å². The zero-order chi connectivity index (χ0) is 14.2. The number of aromatic amines is 1. The van der Waals surface area contributed by atoms with E-state index >= 15 is 0 Å². The van der Waals surface area contributed by atoms with E-state index < -0.39 is 0 Å². The van der Waals surface area contributed by atoms with Gasteiger partial charge in [0, 0.05) is 28.5 Å². The molecule has 106 valence electrons. The van der Waals surface area contributed by atoms with Crippen LogP contribution in [0.25, 0.3) is 10.9 Å². The first-order valence-corrected chi connectivity index (χ1v) is 7.66. The molecule has 0 fully saturated rings. The Bertz CT molecular complexity index is 794. The summed E-state index contributed by atoms with van der Waals surface area (Å²) >= 11 is 5.97. The zero-order valence-corrected chi connectivity index (χ0v) is 12.3. The highest BCUT2D eigenvalue weighted by Gasteiger charge is 2.24. The van der Waals surface area contributed by atoms with Gasteiger partial charge in [0.25, 0.3) is 0 Å². The molecule has 1 aliphatic carbocycles. The molecule has 0 spiro atoms. The van der Waals surface area contributed by atoms with Crippen molar-refractivity contribution in [2.75, 3.05) is 5.32 Å². The number of hydrogen-bond donors (Lipinski definition) is 2. The van der Waals surface area contributed by atoms with Crippen LogP contribution in [0.5, 0.6) is 0 Å². The number of rotatable bonds is 2. The first-order chi connectivity index (χ1) is 10.3. The van der Waals surface area contributed by atoms with Gasteiger partial charge in [0.2, 0.25) is 0 Å². The van der Waals surface area contributed by atoms with Crippen molar-refractivity contribution in [2.24, 2.45) is 0 Å². The molecular weight excluding hydrogens is 282 g/mol. The van der Waals surface area contributed by atoms with Crippen molar-refractivity contribution in [1.29, 1.82) is 0 Å². The van der Waals surface area contributed by atoms with E-state index in [1.165, 1.54) is 28.6 Å². The van der Waals surface area contributed by atoms with E-state index in [1.54, 1.807) is 6.20 Å². The van der Waals surface area contributed by atoms with Crippen LogP contribution < -0.4 is 5.32 Å². The van der Waals surface area contributed by atoms with E-state index in [4.69, 9.17) is 11.6 Å². The molecule has 0 radical (unpaired) electrons. The van der Waals surface area contributed by atoms with Gasteiger partial charge in [-0.3, -0.25) is 0 Å². The quantitative estimate of drug-likeness (QED) is 0.673. The normalized spacial score (nSPS) is 17.7. The lowest BCUT2D eigenvalue weighted by atomic mass is 9.91. The van der Waals surface area contributed by atoms with Gasteiger partial charge in [-0.1, -0.05) is 29.8 Å². The lowest BCUT2D eigenvalue weighted by molar-refractivity contribution is 0.592. The zero-order valence-electron chi connectivity index (χ0n) is 11.6. The SMILES string of the molecule is Clc1cc(NC2CCCc3c2[nH]c2ccccc32)ccn1. The average molecular weight is 298 g/mol. The summed E-state index contributed by atoms with van der Waals surface area (Å²) in [6.45, 7) is 0. The predicted molar refractivity (Wildman–Crippen MR) is 86.8 cm³/mol. The standard InChI is InChI=1S/C17H16ClN3/c18-16-10-11(8-9-19-16)20-15-7-3-5-13-12-4-1-2-6-14(12)21-17(13)15/h1-2,4,6,8-10,15,21H,3,5,7H2,(H,19,20). The summed E-state index contributed by atoms with van der Waals surface area (Å²) in [6, 6.07) is 12.7. The number of pyridine rings is 1. The Labute approximate surface area is 128 Å². The molecule has 0 bridgehead atoms. The number of aromatic nitrogens is 2. The van der Waals surface area contributed by atoms with Gasteiger partial charge in [-0.15, -0.1) is 0 Å². The molecule has 2 aromatic heterocycles. The first kappa shape index (κ1) is 12.7. The average Bonchev–Trinajstić information content (AvgIpc) is 2.87. The number of hydrogen-bond acceptors (Lipinski definition) is 2. The van der Waals surface area contributed by atoms with Gasteiger partial charge in [0.15, 0.2) is 0 Å². The molecule has 3 aromatic rings. The molecule has 4 rings (SSSR count). The van der Waals surface area contributed by atoms with Crippen molar-refractivity contribution in [3.05, 3.63) is 59.0 Å². The second-order valence-electron chi connectivity index (χ2n) is 5.52. The number of para-hydroxylation sites is 1. The molecule has 3 nitrogen and oxygen atoms in total. The third-order valence-corrected chi connectivity index (χ3v) is 4.39. The summed E-state index contributed by atoms with van der Waals surface area (Å²) in [4.78, 5) is 7.62. The number of benzene rings is 1. The number of halogens is 1. The van der Waals surface area contributed by atoms with Crippen LogP contribution in [0.1, 0.15) is 30.1 Å². The number of nitrogens with one attached hydrogen (secondary N) is 2. The molecule has 0 saturated carbocycles. The summed E-state index contributed by atoms with van der Waals surface area (Å²) in [7, 11) is 0. The Kier molecular flexibility index (Phi) is 3.08. The summed E-state index contributed by atoms with van der Waals surface area (Å²) < 4.78 is 0. The number of anilines is 1. The maximum absolute atomic E-state index is 5.97. The molecule has 0 saturated heterocycles. The number of aryl methyl sites for hydroxylation is 1. The predicted octanol–water partition coefficient (Wildman–Crippen LogP) is 4.71. The molecule has 1 aromatic carbocycles. The third-order valence-electron chi connectivity index (χ3n) is 4.18. The van der Waals surface area contributed by atoms with E-state index in [9.17, 15) is 0 Å². The molecule has 1 atom stereocenters. The molecule has 21 heavy (non-hydrogen) atoms. The van der Waals surface area contributed by atoms with Crippen LogP contribution in [0.2, 0.25) is 5.15 Å². The molecule has 0 aliphatic heterocycles. The van der Waals surface area contributed by atoms with Crippen LogP contribution >= 0.6 is 11.6 Å². The molecule has 2 N–H and O–H groups in total. The fraction of sp³-hybridized carbons (Fsp3) is 0.235. The van der Waals surface area contributed by atoms with Crippen molar-refractivity contribution < 1.29 is 0 Å². The fourth-order valence-electron chi connectivity index (χ4n) is 3.25. The topological polar surface area (TPSA) is 40.7 Å². The van der Waals surface area contributed by atoms with E-state index in [-0.39, 0.29) is 0 Å². The Hall–Kier alpha value is -2.00. The van der Waals surface area contributed by atoms with Crippen molar-refractivity contribution in [1.82, 2.24) is 9.97 Å². The van der Waals surface area contributed by atoms with Crippen LogP contribution in [0.4, 0.5) is 5.69 Å². The fourth-order valence-corrected chi connectivity index (χ4v) is 3.43. The van der Waals surface area contributed by atoms with Gasteiger partial charge in [0.05, 0.1) is 6.04 Å². The minimum Gasteiger partial charge on any atom is -0.377 e. The highest BCUT2D eigenvalue weighted by Crippen LogP contribution is 2.36. The Morgan fingerprint density at radius 3 is 3.05 bits per heavy atom. The maximum Gasteiger partial charge on any atom is 0.131 e. The molecular formula is C17H16ClN3. The van der Waals surface area contributed by atoms with Crippen LogP contribution in [0, 0.1) is 0 Å². The van der Waals surface area contributed by atoms with E-state index in [0.717, 1.165) is 18.5 Å². The van der Waals surface area contributed by atoms with Gasteiger partial charge in [-0.2, -0.15) is 0 Å². The smallest absolute Gasteiger partial charge is 0.131 e. The van der Waals surface area contributed by atoms with E-state index in [0.29, 0.717) is 11.2 Å². The Balaban J connectivity index is 1.73. The minimum atomic E-state index is 0.305. The molecule has 1 aliphatic rings. The summed E-state index contributed by atoms with van der Waals surface area (Å²) in [5, 5.41) is 5.46. The highest BCUT2D eigenvalue weighted by molar-refractivity contribution is 6.29. The lowest BCUT2D eigenvalue weighted by Crippen LogP contribution is -2.17. The molecule has 0 amide bonds. The molecule has 2 heterocycles. The summed E-state index contributed by atoms with van der Waals surface area (Å²) in [5.74, 6) is 0. The summed E-state index contributed by atoms with van der Waals surface area (Å²) in [6.07, 6.45) is 5.21. The van der Waals surface area contributed by atoms with Crippen molar-refractivity contribution >= 4 is 28.2 Å². The lowest BCUT2D eigenvalue weighted by Gasteiger charge is -2.24.